The van der Waals surface area contributed by atoms with E-state index >= 15 is 0 Å². The molecule has 0 atom stereocenters. The Morgan fingerprint density at radius 2 is 1.90 bits per heavy atom. The Bertz CT molecular complexity index is 736. The minimum atomic E-state index is -1.11. The monoisotopic (exact) mass is 371 g/mol. The van der Waals surface area contributed by atoms with E-state index in [1.807, 2.05) is 0 Å². The van der Waals surface area contributed by atoms with Crippen LogP contribution in [0.2, 0.25) is 5.02 Å². The van der Waals surface area contributed by atoms with Gasteiger partial charge in [-0.2, -0.15) is 0 Å². The Balaban J connectivity index is 2.25. The van der Waals surface area contributed by atoms with E-state index in [1.54, 1.807) is 0 Å². The lowest BCUT2D eigenvalue weighted by Gasteiger charge is -2.09. The van der Waals surface area contributed by atoms with Gasteiger partial charge in [-0.05, 0) is 52.3 Å². The van der Waals surface area contributed by atoms with E-state index in [-0.39, 0.29) is 21.8 Å². The first-order chi connectivity index (χ1) is 9.88. The number of carbonyl (C=O) groups is 2. The van der Waals surface area contributed by atoms with Crippen molar-refractivity contribution in [3.63, 3.8) is 0 Å². The Kier molecular flexibility index (Phi) is 4.59. The molecular weight excluding hydrogens is 365 g/mol. The van der Waals surface area contributed by atoms with Crippen LogP contribution in [0, 0.1) is 5.82 Å². The number of benzene rings is 2. The normalized spacial score (nSPS) is 10.2. The quantitative estimate of drug-likeness (QED) is 0.849. The lowest BCUT2D eigenvalue weighted by molar-refractivity contribution is 0.0696. The third kappa shape index (κ3) is 3.59. The Morgan fingerprint density at radius 1 is 1.19 bits per heavy atom. The molecule has 0 spiro atoms. The summed E-state index contributed by atoms with van der Waals surface area (Å²) in [5.41, 5.74) is 0.513. The average Bonchev–Trinajstić information content (AvgIpc) is 2.40. The van der Waals surface area contributed by atoms with Crippen LogP contribution >= 0.6 is 27.5 Å². The molecule has 0 saturated carbocycles. The molecule has 2 N–H and O–H groups in total. The van der Waals surface area contributed by atoms with Gasteiger partial charge in [0.15, 0.2) is 0 Å². The second-order valence-corrected chi connectivity index (χ2v) is 5.34. The van der Waals surface area contributed by atoms with Gasteiger partial charge in [0.2, 0.25) is 0 Å². The van der Waals surface area contributed by atoms with Crippen LogP contribution in [0.3, 0.4) is 0 Å². The number of carboxylic acids is 1. The van der Waals surface area contributed by atoms with Crippen molar-refractivity contribution in [2.24, 2.45) is 0 Å². The van der Waals surface area contributed by atoms with Gasteiger partial charge in [0.1, 0.15) is 5.82 Å². The zero-order valence-electron chi connectivity index (χ0n) is 10.4. The largest absolute Gasteiger partial charge is 0.478 e. The number of hydrogen-bond donors (Lipinski definition) is 2. The van der Waals surface area contributed by atoms with Crippen molar-refractivity contribution in [3.05, 3.63) is 62.8 Å². The second-order valence-electron chi connectivity index (χ2n) is 4.08. The molecule has 0 unspecified atom stereocenters. The number of carbonyl (C=O) groups excluding carboxylic acids is 1. The molecule has 1 amide bonds. The first-order valence-corrected chi connectivity index (χ1v) is 6.85. The summed E-state index contributed by atoms with van der Waals surface area (Å²) in [6.45, 7) is 0. The van der Waals surface area contributed by atoms with Crippen molar-refractivity contribution >= 4 is 45.1 Å². The predicted octanol–water partition coefficient (Wildman–Crippen LogP) is 4.19. The van der Waals surface area contributed by atoms with Gasteiger partial charge in [-0.15, -0.1) is 0 Å². The molecule has 0 radical (unpaired) electrons. The summed E-state index contributed by atoms with van der Waals surface area (Å²) in [5.74, 6) is -2.08. The summed E-state index contributed by atoms with van der Waals surface area (Å²) in [5, 5.41) is 11.5. The number of halogens is 3. The molecule has 0 aliphatic carbocycles. The third-order valence-corrected chi connectivity index (χ3v) is 3.61. The molecular formula is C14H8BrClFNO3. The van der Waals surface area contributed by atoms with E-state index in [9.17, 15) is 14.0 Å². The lowest BCUT2D eigenvalue weighted by Crippen LogP contribution is -2.13. The van der Waals surface area contributed by atoms with Crippen molar-refractivity contribution < 1.29 is 19.1 Å². The van der Waals surface area contributed by atoms with E-state index in [2.05, 4.69) is 21.2 Å². The van der Waals surface area contributed by atoms with Crippen LogP contribution in [-0.4, -0.2) is 17.0 Å². The van der Waals surface area contributed by atoms with E-state index in [0.29, 0.717) is 4.47 Å². The third-order valence-electron chi connectivity index (χ3n) is 2.64. The summed E-state index contributed by atoms with van der Waals surface area (Å²) >= 11 is 9.02. The zero-order chi connectivity index (χ0) is 15.6. The maximum absolute atomic E-state index is 13.0. The van der Waals surface area contributed by atoms with Gasteiger partial charge >= 0.3 is 5.97 Å². The maximum Gasteiger partial charge on any atom is 0.335 e. The van der Waals surface area contributed by atoms with Gasteiger partial charge in [0, 0.05) is 4.47 Å². The van der Waals surface area contributed by atoms with Gasteiger partial charge in [-0.25, -0.2) is 9.18 Å². The summed E-state index contributed by atoms with van der Waals surface area (Å²) in [6.07, 6.45) is 0. The highest BCUT2D eigenvalue weighted by Crippen LogP contribution is 2.25. The molecule has 0 saturated heterocycles. The van der Waals surface area contributed by atoms with Gasteiger partial charge < -0.3 is 10.4 Å². The number of aromatic carboxylic acids is 1. The minimum Gasteiger partial charge on any atom is -0.478 e. The highest BCUT2D eigenvalue weighted by Gasteiger charge is 2.13. The summed E-state index contributed by atoms with van der Waals surface area (Å²) < 4.78 is 13.3. The van der Waals surface area contributed by atoms with E-state index < -0.39 is 17.7 Å². The van der Waals surface area contributed by atoms with E-state index in [0.717, 1.165) is 6.07 Å². The molecule has 0 heterocycles. The average molecular weight is 373 g/mol. The van der Waals surface area contributed by atoms with Crippen molar-refractivity contribution in [2.75, 3.05) is 5.32 Å². The van der Waals surface area contributed by atoms with Crippen molar-refractivity contribution in [1.82, 2.24) is 0 Å². The summed E-state index contributed by atoms with van der Waals surface area (Å²) in [6, 6.07) is 7.61. The molecule has 0 aliphatic rings. The molecule has 2 rings (SSSR count). The van der Waals surface area contributed by atoms with Crippen LogP contribution < -0.4 is 5.32 Å². The van der Waals surface area contributed by atoms with Crippen molar-refractivity contribution in [2.45, 2.75) is 0 Å². The molecule has 2 aromatic rings. The van der Waals surface area contributed by atoms with Gasteiger partial charge in [0.25, 0.3) is 5.91 Å². The topological polar surface area (TPSA) is 66.4 Å². The first-order valence-electron chi connectivity index (χ1n) is 5.67. The molecule has 21 heavy (non-hydrogen) atoms. The van der Waals surface area contributed by atoms with Crippen LogP contribution in [0.25, 0.3) is 0 Å². The number of nitrogens with one attached hydrogen (secondary N) is 1. The number of amides is 1. The predicted molar refractivity (Wildman–Crippen MR) is 80.5 cm³/mol. The lowest BCUT2D eigenvalue weighted by atomic mass is 10.2. The molecule has 7 heteroatoms. The van der Waals surface area contributed by atoms with Crippen LogP contribution in [0.4, 0.5) is 10.1 Å². The Morgan fingerprint density at radius 3 is 2.48 bits per heavy atom. The molecule has 4 nitrogen and oxygen atoms in total. The molecule has 0 bridgehead atoms. The standard InChI is InChI=1S/C14H8BrClFNO3/c15-10-6-8(17)2-3-9(10)13(19)18-12-4-1-7(14(20)21)5-11(12)16/h1-6H,(H,18,19)(H,20,21). The number of carboxylic acid groups (broad SMARTS) is 1. The van der Waals surface area contributed by atoms with Crippen molar-refractivity contribution in [1.29, 1.82) is 0 Å². The minimum absolute atomic E-state index is 0.0148. The van der Waals surface area contributed by atoms with Gasteiger partial charge in [-0.3, -0.25) is 4.79 Å². The highest BCUT2D eigenvalue weighted by atomic mass is 79.9. The summed E-state index contributed by atoms with van der Waals surface area (Å²) in [7, 11) is 0. The second kappa shape index (κ2) is 6.24. The molecule has 0 fully saturated rings. The van der Waals surface area contributed by atoms with Crippen LogP contribution in [0.1, 0.15) is 20.7 Å². The highest BCUT2D eigenvalue weighted by molar-refractivity contribution is 9.10. The molecule has 108 valence electrons. The number of rotatable bonds is 3. The zero-order valence-corrected chi connectivity index (χ0v) is 12.7. The van der Waals surface area contributed by atoms with Crippen LogP contribution in [0.5, 0.6) is 0 Å². The Labute approximate surface area is 132 Å². The van der Waals surface area contributed by atoms with Crippen LogP contribution in [0.15, 0.2) is 40.9 Å². The van der Waals surface area contributed by atoms with E-state index in [1.165, 1.54) is 30.3 Å². The SMILES string of the molecule is O=C(O)c1ccc(NC(=O)c2ccc(F)cc2Br)c(Cl)c1. The fourth-order valence-corrected chi connectivity index (χ4v) is 2.37. The van der Waals surface area contributed by atoms with E-state index in [4.69, 9.17) is 16.7 Å². The molecule has 0 aliphatic heterocycles. The van der Waals surface area contributed by atoms with Gasteiger partial charge in [0.05, 0.1) is 21.8 Å². The molecule has 2 aromatic carbocycles. The smallest absolute Gasteiger partial charge is 0.335 e. The van der Waals surface area contributed by atoms with Crippen molar-refractivity contribution in [3.8, 4) is 0 Å². The fourth-order valence-electron chi connectivity index (χ4n) is 1.61. The fraction of sp³-hybridized carbons (Fsp3) is 0. The first kappa shape index (κ1) is 15.5. The number of hydrogen-bond acceptors (Lipinski definition) is 2. The summed E-state index contributed by atoms with van der Waals surface area (Å²) in [4.78, 5) is 22.9. The maximum atomic E-state index is 13.0. The van der Waals surface area contributed by atoms with Crippen LogP contribution in [-0.2, 0) is 0 Å². The molecule has 0 aromatic heterocycles. The number of anilines is 1. The Hall–Kier alpha value is -1.92. The van der Waals surface area contributed by atoms with Gasteiger partial charge in [-0.1, -0.05) is 11.6 Å².